The summed E-state index contributed by atoms with van der Waals surface area (Å²) >= 11 is 7.08. The second-order valence-electron chi connectivity index (χ2n) is 4.52. The van der Waals surface area contributed by atoms with Gasteiger partial charge in [0, 0.05) is 16.5 Å². The van der Waals surface area contributed by atoms with Gasteiger partial charge >= 0.3 is 5.15 Å². The highest BCUT2D eigenvalue weighted by molar-refractivity contribution is 8.09. The van der Waals surface area contributed by atoms with E-state index in [0.29, 0.717) is 10.5 Å². The maximum Gasteiger partial charge on any atom is 0.310 e. The van der Waals surface area contributed by atoms with Gasteiger partial charge in [-0.25, -0.2) is 4.99 Å². The minimum Gasteiger partial charge on any atom is -0.370 e. The van der Waals surface area contributed by atoms with Crippen LogP contribution < -0.4 is 16.0 Å². The first-order valence-electron chi connectivity index (χ1n) is 5.86. The fraction of sp³-hybridized carbons (Fsp3) is 0.250. The third-order valence-corrected chi connectivity index (χ3v) is 4.95. The molecule has 0 saturated carbocycles. The average Bonchev–Trinajstić information content (AvgIpc) is 2.70. The van der Waals surface area contributed by atoms with Crippen LogP contribution in [0.4, 0.5) is 4.39 Å². The van der Waals surface area contributed by atoms with Crippen LogP contribution in [0.3, 0.4) is 0 Å². The number of aromatic nitrogens is 1. The Morgan fingerprint density at radius 1 is 1.60 bits per heavy atom. The lowest BCUT2D eigenvalue weighted by atomic mass is 9.96. The molecule has 4 N–H and O–H groups in total. The van der Waals surface area contributed by atoms with Gasteiger partial charge in [-0.3, -0.25) is 10.1 Å². The minimum atomic E-state index is -0.535. The molecule has 0 bridgehead atoms. The van der Waals surface area contributed by atoms with Crippen LogP contribution in [-0.4, -0.2) is 17.2 Å². The standard InChI is InChI=1S/C12H10ClFN4OS/c1-4-6-10(19)17-12(15)18-11(6)20-8(4)5-2-3-16-9(13)7(5)14/h2-3,6,11H,1H3,(H3,15,17,18,19)/p+1. The zero-order chi connectivity index (χ0) is 14.4. The molecule has 1 amide bonds. The molecule has 104 valence electrons. The van der Waals surface area contributed by atoms with Crippen molar-refractivity contribution >= 4 is 40.1 Å². The normalized spacial score (nSPS) is 25.4. The largest absolute Gasteiger partial charge is 0.370 e. The van der Waals surface area contributed by atoms with E-state index < -0.39 is 11.7 Å². The van der Waals surface area contributed by atoms with Crippen LogP contribution >= 0.6 is 23.4 Å². The van der Waals surface area contributed by atoms with Gasteiger partial charge in [0.05, 0.1) is 5.92 Å². The number of aliphatic imine (C=N–C) groups is 1. The van der Waals surface area contributed by atoms with Crippen molar-refractivity contribution in [3.05, 3.63) is 34.4 Å². The van der Waals surface area contributed by atoms with E-state index in [2.05, 4.69) is 15.3 Å². The van der Waals surface area contributed by atoms with Crippen LogP contribution in [0.1, 0.15) is 12.5 Å². The quantitative estimate of drug-likeness (QED) is 0.763. The topological polar surface area (TPSA) is 81.6 Å². The summed E-state index contributed by atoms with van der Waals surface area (Å²) in [6, 6.07) is 1.59. The fourth-order valence-electron chi connectivity index (χ4n) is 2.34. The molecule has 0 saturated heterocycles. The van der Waals surface area contributed by atoms with Gasteiger partial charge < -0.3 is 5.73 Å². The van der Waals surface area contributed by atoms with Gasteiger partial charge in [0.25, 0.3) is 0 Å². The maximum atomic E-state index is 14.1. The van der Waals surface area contributed by atoms with Crippen molar-refractivity contribution in [2.45, 2.75) is 12.3 Å². The van der Waals surface area contributed by atoms with E-state index in [0.717, 1.165) is 5.57 Å². The molecule has 0 aromatic carbocycles. The molecule has 20 heavy (non-hydrogen) atoms. The Morgan fingerprint density at radius 3 is 3.10 bits per heavy atom. The summed E-state index contributed by atoms with van der Waals surface area (Å²) in [4.78, 5) is 19.4. The van der Waals surface area contributed by atoms with Crippen LogP contribution in [0.25, 0.3) is 4.91 Å². The van der Waals surface area contributed by atoms with E-state index in [4.69, 9.17) is 17.3 Å². The fourth-order valence-corrected chi connectivity index (χ4v) is 3.98. The lowest BCUT2D eigenvalue weighted by Crippen LogP contribution is -2.47. The number of halogens is 2. The highest BCUT2D eigenvalue weighted by atomic mass is 35.5. The SMILES string of the molecule is CC1=C(c2cc[nH+]c(Cl)c2F)SC2N=C(N)NC(=O)C12. The summed E-state index contributed by atoms with van der Waals surface area (Å²) in [7, 11) is 0. The molecule has 2 aliphatic heterocycles. The van der Waals surface area contributed by atoms with E-state index >= 15 is 0 Å². The molecular formula is C12H11ClFN4OS+. The molecule has 5 nitrogen and oxygen atoms in total. The Kier molecular flexibility index (Phi) is 3.18. The lowest BCUT2D eigenvalue weighted by Gasteiger charge is -2.21. The van der Waals surface area contributed by atoms with Gasteiger partial charge in [-0.05, 0) is 24.1 Å². The number of thioether (sulfide) groups is 1. The van der Waals surface area contributed by atoms with Crippen LogP contribution in [0.15, 0.2) is 22.8 Å². The number of hydrogen-bond acceptors (Lipinski definition) is 4. The van der Waals surface area contributed by atoms with Crippen molar-refractivity contribution in [1.82, 2.24) is 5.32 Å². The number of nitrogens with one attached hydrogen (secondary N) is 2. The minimum absolute atomic E-state index is 0.0641. The smallest absolute Gasteiger partial charge is 0.310 e. The first kappa shape index (κ1) is 13.4. The summed E-state index contributed by atoms with van der Waals surface area (Å²) in [6.45, 7) is 1.80. The number of carbonyl (C=O) groups is 1. The Morgan fingerprint density at radius 2 is 2.35 bits per heavy atom. The molecule has 0 spiro atoms. The molecular weight excluding hydrogens is 303 g/mol. The first-order valence-corrected chi connectivity index (χ1v) is 7.12. The van der Waals surface area contributed by atoms with Crippen molar-refractivity contribution in [3.8, 4) is 0 Å². The van der Waals surface area contributed by atoms with Gasteiger partial charge in [-0.15, -0.1) is 0 Å². The molecule has 1 aromatic rings. The zero-order valence-electron chi connectivity index (χ0n) is 10.4. The second kappa shape index (κ2) is 4.75. The summed E-state index contributed by atoms with van der Waals surface area (Å²) < 4.78 is 14.1. The van der Waals surface area contributed by atoms with Gasteiger partial charge in [-0.2, -0.15) is 9.37 Å². The molecule has 3 heterocycles. The Hall–Kier alpha value is -1.60. The summed E-state index contributed by atoms with van der Waals surface area (Å²) in [5.74, 6) is -1.08. The third-order valence-electron chi connectivity index (χ3n) is 3.28. The average molecular weight is 314 g/mol. The molecule has 8 heteroatoms. The molecule has 0 aliphatic carbocycles. The van der Waals surface area contributed by atoms with Gasteiger partial charge in [0.15, 0.2) is 12.2 Å². The molecule has 1 aromatic heterocycles. The van der Waals surface area contributed by atoms with Gasteiger partial charge in [-0.1, -0.05) is 11.8 Å². The van der Waals surface area contributed by atoms with Crippen molar-refractivity contribution < 1.29 is 14.2 Å². The zero-order valence-corrected chi connectivity index (χ0v) is 12.0. The predicted octanol–water partition coefficient (Wildman–Crippen LogP) is 1.16. The molecule has 2 aliphatic rings. The lowest BCUT2D eigenvalue weighted by molar-refractivity contribution is -0.378. The Labute approximate surface area is 123 Å². The number of fused-ring (bicyclic) bond motifs is 1. The number of carbonyl (C=O) groups excluding carboxylic acids is 1. The summed E-state index contributed by atoms with van der Waals surface area (Å²) in [5, 5.41) is 2.08. The molecule has 2 unspecified atom stereocenters. The van der Waals surface area contributed by atoms with E-state index in [1.807, 2.05) is 0 Å². The monoisotopic (exact) mass is 313 g/mol. The predicted molar refractivity (Wildman–Crippen MR) is 75.2 cm³/mol. The molecule has 2 atom stereocenters. The molecule has 0 radical (unpaired) electrons. The van der Waals surface area contributed by atoms with Gasteiger partial charge in [0.2, 0.25) is 11.7 Å². The number of hydrogen-bond donors (Lipinski definition) is 2. The first-order chi connectivity index (χ1) is 9.49. The van der Waals surface area contributed by atoms with Crippen molar-refractivity contribution in [2.24, 2.45) is 16.6 Å². The number of amides is 1. The number of aromatic amines is 1. The second-order valence-corrected chi connectivity index (χ2v) is 6.03. The highest BCUT2D eigenvalue weighted by Gasteiger charge is 2.42. The van der Waals surface area contributed by atoms with Crippen LogP contribution in [0.5, 0.6) is 0 Å². The van der Waals surface area contributed by atoms with Crippen LogP contribution in [-0.2, 0) is 4.79 Å². The molecule has 0 fully saturated rings. The number of H-pyrrole nitrogens is 1. The maximum absolute atomic E-state index is 14.1. The number of guanidine groups is 1. The summed E-state index contributed by atoms with van der Waals surface area (Å²) in [5.41, 5.74) is 6.69. The third kappa shape index (κ3) is 1.97. The highest BCUT2D eigenvalue weighted by Crippen LogP contribution is 2.49. The van der Waals surface area contributed by atoms with E-state index in [9.17, 15) is 9.18 Å². The van der Waals surface area contributed by atoms with Crippen LogP contribution in [0.2, 0.25) is 5.15 Å². The van der Waals surface area contributed by atoms with E-state index in [-0.39, 0.29) is 22.4 Å². The number of nitrogens with zero attached hydrogens (tertiary/aromatic N) is 1. The summed E-state index contributed by atoms with van der Waals surface area (Å²) in [6.07, 6.45) is 1.56. The number of nitrogens with two attached hydrogens (primary N) is 1. The van der Waals surface area contributed by atoms with Crippen LogP contribution in [0, 0.1) is 11.7 Å². The number of rotatable bonds is 1. The van der Waals surface area contributed by atoms with Crippen molar-refractivity contribution in [3.63, 3.8) is 0 Å². The van der Waals surface area contributed by atoms with Crippen molar-refractivity contribution in [1.29, 1.82) is 0 Å². The van der Waals surface area contributed by atoms with E-state index in [1.54, 1.807) is 19.2 Å². The van der Waals surface area contributed by atoms with E-state index in [1.165, 1.54) is 11.8 Å². The number of pyridine rings is 1. The Bertz CT molecular complexity index is 675. The van der Waals surface area contributed by atoms with Gasteiger partial charge in [0.1, 0.15) is 5.37 Å². The Balaban J connectivity index is 2.08. The van der Waals surface area contributed by atoms with Crippen molar-refractivity contribution in [2.75, 3.05) is 0 Å². The molecule has 3 rings (SSSR count).